The second kappa shape index (κ2) is 7.15. The third-order valence-electron chi connectivity index (χ3n) is 4.40. The number of aryl methyl sites for hydroxylation is 2. The fourth-order valence-corrected chi connectivity index (χ4v) is 3.06. The largest absolute Gasteiger partial charge is 0.460 e. The average Bonchev–Trinajstić information content (AvgIpc) is 2.95. The molecule has 1 atom stereocenters. The van der Waals surface area contributed by atoms with Gasteiger partial charge in [0.1, 0.15) is 17.2 Å². The number of pyridine rings is 1. The van der Waals surface area contributed by atoms with Crippen LogP contribution in [0.2, 0.25) is 0 Å². The molecule has 26 heavy (non-hydrogen) atoms. The van der Waals surface area contributed by atoms with Crippen LogP contribution in [0.25, 0.3) is 11.0 Å². The SMILES string of the molecule is CCCn1ccc2oc(C)c(C(=O)NC(C)c3ccc(F)cc3)c2c1=O. The van der Waals surface area contributed by atoms with Gasteiger partial charge in [-0.1, -0.05) is 19.1 Å². The first-order valence-electron chi connectivity index (χ1n) is 8.61. The quantitative estimate of drug-likeness (QED) is 0.753. The van der Waals surface area contributed by atoms with Crippen molar-refractivity contribution in [2.24, 2.45) is 0 Å². The Labute approximate surface area is 150 Å². The van der Waals surface area contributed by atoms with Gasteiger partial charge in [-0.15, -0.1) is 0 Å². The molecule has 0 aliphatic heterocycles. The van der Waals surface area contributed by atoms with Gasteiger partial charge in [0.15, 0.2) is 0 Å². The molecule has 0 saturated heterocycles. The summed E-state index contributed by atoms with van der Waals surface area (Å²) >= 11 is 0. The minimum Gasteiger partial charge on any atom is -0.460 e. The van der Waals surface area contributed by atoms with Crippen LogP contribution < -0.4 is 10.9 Å². The number of nitrogens with zero attached hydrogens (tertiary/aromatic N) is 1. The van der Waals surface area contributed by atoms with E-state index in [0.29, 0.717) is 23.3 Å². The maximum Gasteiger partial charge on any atom is 0.262 e. The zero-order valence-corrected chi connectivity index (χ0v) is 15.0. The summed E-state index contributed by atoms with van der Waals surface area (Å²) in [5, 5.41) is 3.15. The minimum atomic E-state index is -0.385. The molecular weight excluding hydrogens is 335 g/mol. The lowest BCUT2D eigenvalue weighted by Crippen LogP contribution is -2.28. The molecule has 0 aliphatic rings. The Bertz CT molecular complexity index is 1000. The molecular formula is C20H21FN2O3. The number of halogens is 1. The molecule has 2 heterocycles. The zero-order chi connectivity index (χ0) is 18.8. The first-order valence-corrected chi connectivity index (χ1v) is 8.61. The second-order valence-corrected chi connectivity index (χ2v) is 6.33. The number of hydrogen-bond donors (Lipinski definition) is 1. The molecule has 0 fully saturated rings. The van der Waals surface area contributed by atoms with Crippen molar-refractivity contribution in [2.45, 2.75) is 39.8 Å². The zero-order valence-electron chi connectivity index (χ0n) is 15.0. The van der Waals surface area contributed by atoms with Crippen LogP contribution in [0.4, 0.5) is 4.39 Å². The average molecular weight is 356 g/mol. The lowest BCUT2D eigenvalue weighted by atomic mass is 10.1. The van der Waals surface area contributed by atoms with E-state index in [1.807, 2.05) is 6.92 Å². The molecule has 6 heteroatoms. The van der Waals surface area contributed by atoms with Crippen molar-refractivity contribution < 1.29 is 13.6 Å². The fourth-order valence-electron chi connectivity index (χ4n) is 3.06. The number of carbonyl (C=O) groups excluding carboxylic acids is 1. The van der Waals surface area contributed by atoms with Crippen molar-refractivity contribution in [3.63, 3.8) is 0 Å². The van der Waals surface area contributed by atoms with Gasteiger partial charge in [-0.2, -0.15) is 0 Å². The molecule has 3 aromatic rings. The smallest absolute Gasteiger partial charge is 0.262 e. The van der Waals surface area contributed by atoms with E-state index in [4.69, 9.17) is 4.42 Å². The molecule has 1 unspecified atom stereocenters. The van der Waals surface area contributed by atoms with Crippen LogP contribution in [0.1, 0.15) is 48.0 Å². The topological polar surface area (TPSA) is 64.2 Å². The summed E-state index contributed by atoms with van der Waals surface area (Å²) in [6, 6.07) is 7.30. The minimum absolute atomic E-state index is 0.235. The number of fused-ring (bicyclic) bond motifs is 1. The monoisotopic (exact) mass is 356 g/mol. The molecule has 1 N–H and O–H groups in total. The first-order chi connectivity index (χ1) is 12.4. The summed E-state index contributed by atoms with van der Waals surface area (Å²) in [7, 11) is 0. The first kappa shape index (κ1) is 17.9. The van der Waals surface area contributed by atoms with E-state index in [9.17, 15) is 14.0 Å². The van der Waals surface area contributed by atoms with E-state index in [-0.39, 0.29) is 28.9 Å². The fraction of sp³-hybridized carbons (Fsp3) is 0.300. The van der Waals surface area contributed by atoms with E-state index in [0.717, 1.165) is 12.0 Å². The van der Waals surface area contributed by atoms with Crippen LogP contribution in [0, 0.1) is 12.7 Å². The highest BCUT2D eigenvalue weighted by molar-refractivity contribution is 6.07. The van der Waals surface area contributed by atoms with Crippen molar-refractivity contribution in [2.75, 3.05) is 0 Å². The molecule has 0 saturated carbocycles. The Kier molecular flexibility index (Phi) is 4.93. The third-order valence-corrected chi connectivity index (χ3v) is 4.40. The van der Waals surface area contributed by atoms with Gasteiger partial charge in [0.05, 0.1) is 17.0 Å². The van der Waals surface area contributed by atoms with Crippen LogP contribution in [0.15, 0.2) is 45.7 Å². The van der Waals surface area contributed by atoms with Gasteiger partial charge < -0.3 is 14.3 Å². The van der Waals surface area contributed by atoms with Crippen LogP contribution in [0.5, 0.6) is 0 Å². The Hall–Kier alpha value is -2.89. The van der Waals surface area contributed by atoms with Crippen molar-refractivity contribution in [1.29, 1.82) is 0 Å². The molecule has 0 radical (unpaired) electrons. The van der Waals surface area contributed by atoms with Gasteiger partial charge in [-0.25, -0.2) is 4.39 Å². The van der Waals surface area contributed by atoms with Crippen molar-refractivity contribution in [3.05, 3.63) is 69.6 Å². The van der Waals surface area contributed by atoms with Gasteiger partial charge in [-0.05, 0) is 44.0 Å². The van der Waals surface area contributed by atoms with E-state index < -0.39 is 0 Å². The van der Waals surface area contributed by atoms with Gasteiger partial charge in [0.25, 0.3) is 11.5 Å². The van der Waals surface area contributed by atoms with Gasteiger partial charge in [-0.3, -0.25) is 9.59 Å². The summed E-state index contributed by atoms with van der Waals surface area (Å²) < 4.78 is 20.3. The van der Waals surface area contributed by atoms with Crippen molar-refractivity contribution >= 4 is 16.9 Å². The molecule has 1 amide bonds. The number of rotatable bonds is 5. The summed E-state index contributed by atoms with van der Waals surface area (Å²) in [6.07, 6.45) is 2.49. The Balaban J connectivity index is 1.97. The Morgan fingerprint density at radius 1 is 1.27 bits per heavy atom. The van der Waals surface area contributed by atoms with Crippen LogP contribution in [-0.4, -0.2) is 10.5 Å². The molecule has 3 rings (SSSR count). The second-order valence-electron chi connectivity index (χ2n) is 6.33. The predicted octanol–water partition coefficient (Wildman–Crippen LogP) is 3.94. The molecule has 136 valence electrons. The van der Waals surface area contributed by atoms with Gasteiger partial charge >= 0.3 is 0 Å². The number of amides is 1. The van der Waals surface area contributed by atoms with Gasteiger partial charge in [0, 0.05) is 12.7 Å². The summed E-state index contributed by atoms with van der Waals surface area (Å²) in [4.78, 5) is 25.6. The van der Waals surface area contributed by atoms with E-state index in [1.54, 1.807) is 42.8 Å². The number of aromatic nitrogens is 1. The highest BCUT2D eigenvalue weighted by atomic mass is 19.1. The highest BCUT2D eigenvalue weighted by Crippen LogP contribution is 2.23. The highest BCUT2D eigenvalue weighted by Gasteiger charge is 2.23. The number of carbonyl (C=O) groups is 1. The molecule has 0 aliphatic carbocycles. The normalized spacial score (nSPS) is 12.3. The lowest BCUT2D eigenvalue weighted by molar-refractivity contribution is 0.0939. The number of nitrogens with one attached hydrogen (secondary N) is 1. The van der Waals surface area contributed by atoms with Crippen molar-refractivity contribution in [1.82, 2.24) is 9.88 Å². The number of benzene rings is 1. The standard InChI is InChI=1S/C20H21FN2O3/c1-4-10-23-11-9-16-18(20(23)25)17(13(3)26-16)19(24)22-12(2)14-5-7-15(21)8-6-14/h5-9,11-12H,4,10H2,1-3H3,(H,22,24). The number of furan rings is 1. The lowest BCUT2D eigenvalue weighted by Gasteiger charge is -2.14. The van der Waals surface area contributed by atoms with Gasteiger partial charge in [0.2, 0.25) is 0 Å². The maximum absolute atomic E-state index is 13.1. The number of hydrogen-bond acceptors (Lipinski definition) is 3. The molecule has 0 spiro atoms. The Morgan fingerprint density at radius 3 is 2.62 bits per heavy atom. The van der Waals surface area contributed by atoms with E-state index in [1.165, 1.54) is 12.1 Å². The predicted molar refractivity (Wildman–Crippen MR) is 97.8 cm³/mol. The van der Waals surface area contributed by atoms with Crippen LogP contribution in [0.3, 0.4) is 0 Å². The van der Waals surface area contributed by atoms with Crippen molar-refractivity contribution in [3.8, 4) is 0 Å². The molecule has 2 aromatic heterocycles. The van der Waals surface area contributed by atoms with E-state index >= 15 is 0 Å². The Morgan fingerprint density at radius 2 is 1.96 bits per heavy atom. The molecule has 1 aromatic carbocycles. The third kappa shape index (κ3) is 3.27. The molecule has 0 bridgehead atoms. The summed E-state index contributed by atoms with van der Waals surface area (Å²) in [6.45, 7) is 6.03. The summed E-state index contributed by atoms with van der Waals surface area (Å²) in [5.41, 5.74) is 1.19. The van der Waals surface area contributed by atoms with E-state index in [2.05, 4.69) is 5.32 Å². The summed E-state index contributed by atoms with van der Waals surface area (Å²) in [5.74, 6) is -0.319. The maximum atomic E-state index is 13.1. The van der Waals surface area contributed by atoms with Crippen LogP contribution in [-0.2, 0) is 6.54 Å². The molecule has 5 nitrogen and oxygen atoms in total. The van der Waals surface area contributed by atoms with Crippen LogP contribution >= 0.6 is 0 Å².